The number of benzene rings is 3. The monoisotopic (exact) mass is 398 g/mol. The maximum absolute atomic E-state index is 11.3. The molecule has 0 radical (unpaired) electrons. The molecular formula is C23H26O4S. The van der Waals surface area contributed by atoms with E-state index in [1.807, 2.05) is 43.3 Å². The summed E-state index contributed by atoms with van der Waals surface area (Å²) in [5, 5.41) is 2.47. The minimum absolute atomic E-state index is 0.329. The molecule has 0 spiro atoms. The number of rotatable bonds is 8. The summed E-state index contributed by atoms with van der Waals surface area (Å²) in [6.07, 6.45) is 1.50. The van der Waals surface area contributed by atoms with Gasteiger partial charge in [0.05, 0.1) is 0 Å². The minimum Gasteiger partial charge on any atom is -0.264 e. The Labute approximate surface area is 167 Å². The Balaban J connectivity index is 1.71. The van der Waals surface area contributed by atoms with Crippen LogP contribution in [-0.2, 0) is 14.6 Å². The van der Waals surface area contributed by atoms with Crippen molar-refractivity contribution in [1.29, 1.82) is 0 Å². The van der Waals surface area contributed by atoms with Gasteiger partial charge in [0.25, 0.3) is 0 Å². The highest BCUT2D eigenvalue weighted by atomic mass is 32.3. The molecule has 0 aliphatic carbocycles. The Morgan fingerprint density at radius 1 is 0.964 bits per heavy atom. The smallest absolute Gasteiger partial charge is 0.264 e. The SMILES string of the molecule is Cc1cccc(C(CCC[C@H](C)c2cccc3ccccc23)OS(=O)(=O)O)c1. The lowest BCUT2D eigenvalue weighted by molar-refractivity contribution is 0.171. The molecule has 1 N–H and O–H groups in total. The van der Waals surface area contributed by atoms with Gasteiger partial charge in [-0.1, -0.05) is 79.2 Å². The summed E-state index contributed by atoms with van der Waals surface area (Å²) in [7, 11) is -4.52. The van der Waals surface area contributed by atoms with Gasteiger partial charge in [0.15, 0.2) is 0 Å². The van der Waals surface area contributed by atoms with Crippen LogP contribution in [0.4, 0.5) is 0 Å². The van der Waals surface area contributed by atoms with E-state index in [2.05, 4.69) is 37.3 Å². The van der Waals surface area contributed by atoms with E-state index >= 15 is 0 Å². The molecule has 0 saturated heterocycles. The zero-order valence-electron chi connectivity index (χ0n) is 16.2. The third kappa shape index (κ3) is 5.41. The van der Waals surface area contributed by atoms with Crippen LogP contribution in [-0.4, -0.2) is 13.0 Å². The first-order valence-electron chi connectivity index (χ1n) is 9.53. The van der Waals surface area contributed by atoms with E-state index in [-0.39, 0.29) is 0 Å². The molecule has 0 aromatic heterocycles. The van der Waals surface area contributed by atoms with E-state index in [1.54, 1.807) is 0 Å². The van der Waals surface area contributed by atoms with Crippen molar-refractivity contribution in [3.63, 3.8) is 0 Å². The van der Waals surface area contributed by atoms with Crippen LogP contribution in [0.15, 0.2) is 66.7 Å². The standard InChI is InChI=1S/C23H26O4S/c1-17-8-5-12-20(16-17)23(27-28(24,25)26)15-6-9-18(2)21-14-7-11-19-10-3-4-13-22(19)21/h3-5,7-8,10-14,16,18,23H,6,9,15H2,1-2H3,(H,24,25,26)/t18-,23?/m0/s1. The van der Waals surface area contributed by atoms with Crippen LogP contribution in [0, 0.1) is 6.92 Å². The molecule has 0 saturated carbocycles. The predicted octanol–water partition coefficient (Wildman–Crippen LogP) is 5.98. The molecule has 148 valence electrons. The fourth-order valence-electron chi connectivity index (χ4n) is 3.73. The molecule has 0 amide bonds. The van der Waals surface area contributed by atoms with Gasteiger partial charge in [-0.15, -0.1) is 0 Å². The van der Waals surface area contributed by atoms with Crippen molar-refractivity contribution in [2.24, 2.45) is 0 Å². The van der Waals surface area contributed by atoms with Gasteiger partial charge in [-0.3, -0.25) is 4.55 Å². The van der Waals surface area contributed by atoms with Crippen LogP contribution < -0.4 is 0 Å². The van der Waals surface area contributed by atoms with Gasteiger partial charge in [-0.25, -0.2) is 4.18 Å². The number of hydrogen-bond acceptors (Lipinski definition) is 3. The van der Waals surface area contributed by atoms with E-state index in [4.69, 9.17) is 4.18 Å². The van der Waals surface area contributed by atoms with E-state index in [1.165, 1.54) is 16.3 Å². The molecule has 5 heteroatoms. The predicted molar refractivity (Wildman–Crippen MR) is 113 cm³/mol. The zero-order valence-corrected chi connectivity index (χ0v) is 17.0. The van der Waals surface area contributed by atoms with Crippen molar-refractivity contribution >= 4 is 21.2 Å². The highest BCUT2D eigenvalue weighted by molar-refractivity contribution is 7.80. The number of fused-ring (bicyclic) bond motifs is 1. The molecule has 0 aliphatic heterocycles. The average Bonchev–Trinajstić information content (AvgIpc) is 2.65. The van der Waals surface area contributed by atoms with Crippen LogP contribution in [0.1, 0.15) is 54.9 Å². The number of hydrogen-bond donors (Lipinski definition) is 1. The first-order chi connectivity index (χ1) is 13.3. The van der Waals surface area contributed by atoms with Gasteiger partial charge in [-0.2, -0.15) is 8.42 Å². The summed E-state index contributed by atoms with van der Waals surface area (Å²) in [5.41, 5.74) is 3.07. The molecule has 3 aromatic carbocycles. The van der Waals surface area contributed by atoms with Crippen LogP contribution in [0.2, 0.25) is 0 Å². The van der Waals surface area contributed by atoms with Crippen molar-refractivity contribution in [3.05, 3.63) is 83.4 Å². The highest BCUT2D eigenvalue weighted by Crippen LogP contribution is 2.32. The first-order valence-corrected chi connectivity index (χ1v) is 10.9. The van der Waals surface area contributed by atoms with Gasteiger partial charge in [0, 0.05) is 0 Å². The molecule has 3 rings (SSSR count). The lowest BCUT2D eigenvalue weighted by Crippen LogP contribution is -2.11. The third-order valence-electron chi connectivity index (χ3n) is 5.11. The maximum atomic E-state index is 11.3. The van der Waals surface area contributed by atoms with Crippen LogP contribution in [0.5, 0.6) is 0 Å². The first kappa shape index (κ1) is 20.5. The van der Waals surface area contributed by atoms with Gasteiger partial charge >= 0.3 is 10.4 Å². The lowest BCUT2D eigenvalue weighted by Gasteiger charge is -2.19. The van der Waals surface area contributed by atoms with Crippen LogP contribution >= 0.6 is 0 Å². The summed E-state index contributed by atoms with van der Waals surface area (Å²) in [6, 6.07) is 22.2. The maximum Gasteiger partial charge on any atom is 0.397 e. The second-order valence-corrected chi connectivity index (χ2v) is 8.37. The molecule has 2 atom stereocenters. The van der Waals surface area contributed by atoms with Crippen molar-refractivity contribution in [1.82, 2.24) is 0 Å². The molecule has 3 aromatic rings. The normalized spacial score (nSPS) is 14.1. The van der Waals surface area contributed by atoms with E-state index in [0.717, 1.165) is 24.0 Å². The van der Waals surface area contributed by atoms with Gasteiger partial charge in [0.2, 0.25) is 0 Å². The van der Waals surface area contributed by atoms with E-state index in [0.29, 0.717) is 12.3 Å². The highest BCUT2D eigenvalue weighted by Gasteiger charge is 2.20. The Kier molecular flexibility index (Phi) is 6.50. The second-order valence-electron chi connectivity index (χ2n) is 7.33. The molecule has 1 unspecified atom stereocenters. The molecule has 0 aliphatic rings. The summed E-state index contributed by atoms with van der Waals surface area (Å²) in [4.78, 5) is 0. The molecule has 0 fully saturated rings. The Bertz CT molecular complexity index is 1040. The quantitative estimate of drug-likeness (QED) is 0.474. The molecule has 28 heavy (non-hydrogen) atoms. The molecular weight excluding hydrogens is 372 g/mol. The summed E-state index contributed by atoms with van der Waals surface area (Å²) in [5.74, 6) is 0.329. The Morgan fingerprint density at radius 2 is 1.68 bits per heavy atom. The van der Waals surface area contributed by atoms with Gasteiger partial charge < -0.3 is 0 Å². The largest absolute Gasteiger partial charge is 0.397 e. The zero-order chi connectivity index (χ0) is 20.1. The lowest BCUT2D eigenvalue weighted by atomic mass is 9.90. The summed E-state index contributed by atoms with van der Waals surface area (Å²) < 4.78 is 36.7. The van der Waals surface area contributed by atoms with Crippen molar-refractivity contribution < 1.29 is 17.2 Å². The van der Waals surface area contributed by atoms with Gasteiger partial charge in [-0.05, 0) is 54.0 Å². The molecule has 4 nitrogen and oxygen atoms in total. The summed E-state index contributed by atoms with van der Waals surface area (Å²) in [6.45, 7) is 4.13. The second kappa shape index (κ2) is 8.86. The number of aryl methyl sites for hydroxylation is 1. The topological polar surface area (TPSA) is 63.6 Å². The van der Waals surface area contributed by atoms with Crippen molar-refractivity contribution in [2.45, 2.75) is 45.1 Å². The Morgan fingerprint density at radius 3 is 2.43 bits per heavy atom. The van der Waals surface area contributed by atoms with E-state index < -0.39 is 16.5 Å². The molecule has 0 bridgehead atoms. The fourth-order valence-corrected chi connectivity index (χ4v) is 4.23. The van der Waals surface area contributed by atoms with E-state index in [9.17, 15) is 13.0 Å². The van der Waals surface area contributed by atoms with Crippen LogP contribution in [0.25, 0.3) is 10.8 Å². The average molecular weight is 399 g/mol. The molecule has 0 heterocycles. The summed E-state index contributed by atoms with van der Waals surface area (Å²) >= 11 is 0. The van der Waals surface area contributed by atoms with Crippen LogP contribution in [0.3, 0.4) is 0 Å². The van der Waals surface area contributed by atoms with Crippen molar-refractivity contribution in [3.8, 4) is 0 Å². The third-order valence-corrected chi connectivity index (χ3v) is 5.58. The van der Waals surface area contributed by atoms with Crippen molar-refractivity contribution in [2.75, 3.05) is 0 Å². The Hall–Kier alpha value is -2.21. The fraction of sp³-hybridized carbons (Fsp3) is 0.304. The van der Waals surface area contributed by atoms with Gasteiger partial charge in [0.1, 0.15) is 6.10 Å². The minimum atomic E-state index is -4.52.